The number of benzene rings is 1. The maximum Gasteiger partial charge on any atom is 0.408 e. The lowest BCUT2D eigenvalue weighted by atomic mass is 9.84. The maximum absolute atomic E-state index is 12.6. The molecule has 0 saturated carbocycles. The smallest absolute Gasteiger partial charge is 0.408 e. The molecule has 1 N–H and O–H groups in total. The summed E-state index contributed by atoms with van der Waals surface area (Å²) in [7, 11) is 1.69. The van der Waals surface area contributed by atoms with Crippen molar-refractivity contribution in [1.82, 2.24) is 5.32 Å². The van der Waals surface area contributed by atoms with Crippen LogP contribution >= 0.6 is 0 Å². The Labute approximate surface area is 205 Å². The van der Waals surface area contributed by atoms with Gasteiger partial charge in [-0.3, -0.25) is 0 Å². The van der Waals surface area contributed by atoms with Crippen LogP contribution in [0.25, 0.3) is 0 Å². The predicted octanol–water partition coefficient (Wildman–Crippen LogP) is 5.33. The molecule has 0 fully saturated rings. The number of alkyl carbamates (subject to hydrolysis) is 1. The van der Waals surface area contributed by atoms with Crippen LogP contribution in [0.2, 0.25) is 0 Å². The minimum absolute atomic E-state index is 0.137. The first-order valence-corrected chi connectivity index (χ1v) is 12.4. The van der Waals surface area contributed by atoms with Crippen molar-refractivity contribution in [3.8, 4) is 5.75 Å². The highest BCUT2D eigenvalue weighted by atomic mass is 16.6. The summed E-state index contributed by atoms with van der Waals surface area (Å²) >= 11 is 0. The van der Waals surface area contributed by atoms with E-state index in [1.807, 2.05) is 0 Å². The first-order chi connectivity index (χ1) is 16.0. The number of carbonyl (C=O) groups excluding carboxylic acids is 2. The fourth-order valence-corrected chi connectivity index (χ4v) is 3.64. The van der Waals surface area contributed by atoms with Gasteiger partial charge in [0.1, 0.15) is 17.4 Å². The summed E-state index contributed by atoms with van der Waals surface area (Å²) < 4.78 is 21.8. The van der Waals surface area contributed by atoms with Crippen molar-refractivity contribution >= 4 is 12.1 Å². The van der Waals surface area contributed by atoms with E-state index in [1.54, 1.807) is 34.8 Å². The average molecular weight is 480 g/mol. The zero-order valence-electron chi connectivity index (χ0n) is 22.4. The predicted molar refractivity (Wildman–Crippen MR) is 134 cm³/mol. The Morgan fingerprint density at radius 3 is 2.35 bits per heavy atom. The van der Waals surface area contributed by atoms with Crippen LogP contribution in [0, 0.1) is 11.8 Å². The third-order valence-electron chi connectivity index (χ3n) is 5.50. The molecular formula is C27H45NO6. The molecule has 1 aromatic carbocycles. The Bertz CT molecular complexity index is 756. The van der Waals surface area contributed by atoms with E-state index < -0.39 is 23.7 Å². The van der Waals surface area contributed by atoms with Gasteiger partial charge in [0.15, 0.2) is 0 Å². The highest BCUT2D eigenvalue weighted by Gasteiger charge is 2.29. The molecule has 0 saturated heterocycles. The molecule has 0 radical (unpaired) electrons. The molecule has 7 nitrogen and oxygen atoms in total. The van der Waals surface area contributed by atoms with E-state index in [2.05, 4.69) is 44.3 Å². The topological polar surface area (TPSA) is 83.1 Å². The van der Waals surface area contributed by atoms with Crippen LogP contribution in [-0.4, -0.2) is 50.6 Å². The molecule has 0 aliphatic rings. The van der Waals surface area contributed by atoms with E-state index in [4.69, 9.17) is 18.9 Å². The molecule has 0 spiro atoms. The number of hydrogen-bond acceptors (Lipinski definition) is 6. The molecule has 7 heteroatoms. The van der Waals surface area contributed by atoms with E-state index in [0.29, 0.717) is 19.6 Å². The zero-order chi connectivity index (χ0) is 25.7. The van der Waals surface area contributed by atoms with Gasteiger partial charge >= 0.3 is 12.1 Å². The van der Waals surface area contributed by atoms with Crippen LogP contribution in [0.4, 0.5) is 4.79 Å². The minimum Gasteiger partial charge on any atom is -0.493 e. The lowest BCUT2D eigenvalue weighted by Crippen LogP contribution is -2.45. The summed E-state index contributed by atoms with van der Waals surface area (Å²) in [5.74, 6) is 0.877. The van der Waals surface area contributed by atoms with Crippen molar-refractivity contribution in [3.63, 3.8) is 0 Å². The van der Waals surface area contributed by atoms with Gasteiger partial charge in [0, 0.05) is 20.1 Å². The molecule has 0 heterocycles. The molecule has 2 unspecified atom stereocenters. The van der Waals surface area contributed by atoms with E-state index in [0.717, 1.165) is 30.6 Å². The third kappa shape index (κ3) is 11.2. The minimum atomic E-state index is -0.776. The summed E-state index contributed by atoms with van der Waals surface area (Å²) in [6, 6.07) is 5.56. The van der Waals surface area contributed by atoms with Gasteiger partial charge in [0.2, 0.25) is 0 Å². The summed E-state index contributed by atoms with van der Waals surface area (Å²) in [6.07, 6.45) is 2.30. The second kappa shape index (κ2) is 14.9. The number of esters is 1. The van der Waals surface area contributed by atoms with Crippen molar-refractivity contribution in [3.05, 3.63) is 29.3 Å². The van der Waals surface area contributed by atoms with Crippen molar-refractivity contribution in [1.29, 1.82) is 0 Å². The summed E-state index contributed by atoms with van der Waals surface area (Å²) in [6.45, 7) is 15.0. The van der Waals surface area contributed by atoms with Crippen LogP contribution in [-0.2, 0) is 31.8 Å². The number of carbonyl (C=O) groups is 2. The van der Waals surface area contributed by atoms with Crippen molar-refractivity contribution in [2.75, 3.05) is 26.9 Å². The van der Waals surface area contributed by atoms with E-state index in [1.165, 1.54) is 5.56 Å². The van der Waals surface area contributed by atoms with Gasteiger partial charge in [-0.1, -0.05) is 32.9 Å². The Hall–Kier alpha value is -2.28. The largest absolute Gasteiger partial charge is 0.493 e. The highest BCUT2D eigenvalue weighted by Crippen LogP contribution is 2.27. The molecule has 0 aliphatic carbocycles. The summed E-state index contributed by atoms with van der Waals surface area (Å²) in [4.78, 5) is 25.0. The normalized spacial score (nSPS) is 13.3. The van der Waals surface area contributed by atoms with Gasteiger partial charge in [0.05, 0.1) is 13.2 Å². The molecule has 0 aliphatic heterocycles. The Morgan fingerprint density at radius 1 is 1.09 bits per heavy atom. The zero-order valence-corrected chi connectivity index (χ0v) is 22.4. The van der Waals surface area contributed by atoms with E-state index >= 15 is 0 Å². The SMILES string of the molecule is CCOC(=O)C(CC(Cc1ccc(CC)c(OCCCOC)c1)C(C)C)NC(=O)OC(C)(C)C. The number of nitrogens with one attached hydrogen (secondary N) is 1. The number of rotatable bonds is 14. The monoisotopic (exact) mass is 479 g/mol. The van der Waals surface area contributed by atoms with Crippen LogP contribution in [0.1, 0.15) is 72.4 Å². The second-order valence-corrected chi connectivity index (χ2v) is 9.89. The highest BCUT2D eigenvalue weighted by molar-refractivity contribution is 5.81. The number of ether oxygens (including phenoxy) is 4. The van der Waals surface area contributed by atoms with Gasteiger partial charge in [-0.15, -0.1) is 0 Å². The molecular weight excluding hydrogens is 434 g/mol. The quantitative estimate of drug-likeness (QED) is 0.287. The fraction of sp³-hybridized carbons (Fsp3) is 0.704. The average Bonchev–Trinajstić information content (AvgIpc) is 2.74. The number of hydrogen-bond donors (Lipinski definition) is 1. The van der Waals surface area contributed by atoms with Crippen LogP contribution in [0.5, 0.6) is 5.75 Å². The van der Waals surface area contributed by atoms with Gasteiger partial charge in [-0.05, 0) is 76.0 Å². The van der Waals surface area contributed by atoms with Crippen molar-refractivity contribution in [2.24, 2.45) is 11.8 Å². The standard InChI is InChI=1S/C27H45NO6/c1-9-21-13-12-20(17-24(21)33-15-11-14-31-8)16-22(19(3)4)18-23(25(29)32-10-2)28-26(30)34-27(5,6)7/h12-13,17,19,22-23H,9-11,14-16,18H2,1-8H3,(H,28,30). The first-order valence-electron chi connectivity index (χ1n) is 12.4. The molecule has 1 aromatic rings. The lowest BCUT2D eigenvalue weighted by Gasteiger charge is -2.27. The Balaban J connectivity index is 3.01. The van der Waals surface area contributed by atoms with Gasteiger partial charge in [-0.2, -0.15) is 0 Å². The van der Waals surface area contributed by atoms with Gasteiger partial charge in [0.25, 0.3) is 0 Å². The Morgan fingerprint density at radius 2 is 1.79 bits per heavy atom. The van der Waals surface area contributed by atoms with Crippen molar-refractivity contribution < 1.29 is 28.5 Å². The van der Waals surface area contributed by atoms with Gasteiger partial charge in [-0.25, -0.2) is 9.59 Å². The lowest BCUT2D eigenvalue weighted by molar-refractivity contribution is -0.146. The molecule has 0 aromatic heterocycles. The molecule has 2 atom stereocenters. The third-order valence-corrected chi connectivity index (χ3v) is 5.50. The first kappa shape index (κ1) is 29.8. The second-order valence-electron chi connectivity index (χ2n) is 9.89. The fourth-order valence-electron chi connectivity index (χ4n) is 3.64. The number of methoxy groups -OCH3 is 1. The molecule has 194 valence electrons. The van der Waals surface area contributed by atoms with E-state index in [9.17, 15) is 9.59 Å². The Kier molecular flexibility index (Phi) is 13.0. The molecule has 1 amide bonds. The molecule has 1 rings (SSSR count). The number of amides is 1. The van der Waals surface area contributed by atoms with Crippen LogP contribution in [0.3, 0.4) is 0 Å². The molecule has 0 bridgehead atoms. The summed E-state index contributed by atoms with van der Waals surface area (Å²) in [5.41, 5.74) is 1.65. The van der Waals surface area contributed by atoms with Gasteiger partial charge < -0.3 is 24.3 Å². The number of aryl methyl sites for hydroxylation is 1. The van der Waals surface area contributed by atoms with E-state index in [-0.39, 0.29) is 18.4 Å². The summed E-state index contributed by atoms with van der Waals surface area (Å²) in [5, 5.41) is 2.73. The van der Waals surface area contributed by atoms with Crippen LogP contribution < -0.4 is 10.1 Å². The van der Waals surface area contributed by atoms with Crippen LogP contribution in [0.15, 0.2) is 18.2 Å². The molecule has 34 heavy (non-hydrogen) atoms. The van der Waals surface area contributed by atoms with Crippen molar-refractivity contribution in [2.45, 2.75) is 85.8 Å². The maximum atomic E-state index is 12.6.